The Morgan fingerprint density at radius 2 is 1.00 bits per heavy atom. The molecule has 0 aliphatic carbocycles. The number of anilines is 2. The van der Waals surface area contributed by atoms with E-state index in [9.17, 15) is 19.8 Å². The summed E-state index contributed by atoms with van der Waals surface area (Å²) in [5.74, 6) is 0.699. The molecule has 0 spiro atoms. The summed E-state index contributed by atoms with van der Waals surface area (Å²) in [6, 6.07) is 12.1. The van der Waals surface area contributed by atoms with E-state index < -0.39 is 12.2 Å². The molecule has 40 heavy (non-hydrogen) atoms. The third kappa shape index (κ3) is 10.5. The summed E-state index contributed by atoms with van der Waals surface area (Å²) in [5.41, 5.74) is 5.77. The molecule has 4 N–H and O–H groups in total. The summed E-state index contributed by atoms with van der Waals surface area (Å²) in [6.45, 7) is 16.6. The fourth-order valence-corrected chi connectivity index (χ4v) is 4.67. The van der Waals surface area contributed by atoms with Crippen molar-refractivity contribution in [2.24, 2.45) is 0 Å². The highest BCUT2D eigenvalue weighted by molar-refractivity contribution is 5.88. The van der Waals surface area contributed by atoms with Crippen LogP contribution in [-0.4, -0.2) is 61.7 Å². The first-order chi connectivity index (χ1) is 19.0. The molecule has 222 valence electrons. The number of benzene rings is 2. The fraction of sp³-hybridized carbons (Fsp3) is 0.562. The van der Waals surface area contributed by atoms with Crippen LogP contribution in [0.15, 0.2) is 36.4 Å². The molecule has 0 aliphatic heterocycles. The van der Waals surface area contributed by atoms with Gasteiger partial charge < -0.3 is 20.8 Å². The SMILES string of the molecule is Cc1ccc(C(C)C)cc1N(CCCNCCCCNCCCN(C(=O)O)c1cc(C(C)C)ccc1C)C(=O)O. The average Bonchev–Trinajstić information content (AvgIpc) is 2.89. The topological polar surface area (TPSA) is 105 Å². The van der Waals surface area contributed by atoms with Gasteiger partial charge in [-0.1, -0.05) is 52.0 Å². The molecule has 2 rings (SSSR count). The van der Waals surface area contributed by atoms with Gasteiger partial charge in [0.1, 0.15) is 0 Å². The van der Waals surface area contributed by atoms with E-state index in [1.54, 1.807) is 0 Å². The number of aryl methyl sites for hydroxylation is 2. The van der Waals surface area contributed by atoms with Crippen molar-refractivity contribution in [1.82, 2.24) is 10.6 Å². The summed E-state index contributed by atoms with van der Waals surface area (Å²) < 4.78 is 0. The fourth-order valence-electron chi connectivity index (χ4n) is 4.67. The van der Waals surface area contributed by atoms with E-state index in [0.717, 1.165) is 85.5 Å². The minimum atomic E-state index is -0.916. The second kappa shape index (κ2) is 16.9. The summed E-state index contributed by atoms with van der Waals surface area (Å²) >= 11 is 0. The van der Waals surface area contributed by atoms with Crippen molar-refractivity contribution in [3.63, 3.8) is 0 Å². The predicted octanol–water partition coefficient (Wildman–Crippen LogP) is 6.96. The van der Waals surface area contributed by atoms with Crippen LogP contribution in [0.3, 0.4) is 0 Å². The van der Waals surface area contributed by atoms with Crippen molar-refractivity contribution < 1.29 is 19.8 Å². The maximum atomic E-state index is 11.9. The minimum Gasteiger partial charge on any atom is -0.465 e. The van der Waals surface area contributed by atoms with Crippen LogP contribution in [0, 0.1) is 13.8 Å². The molecule has 8 nitrogen and oxygen atoms in total. The highest BCUT2D eigenvalue weighted by Gasteiger charge is 2.18. The first kappa shape index (κ1) is 33.1. The van der Waals surface area contributed by atoms with Crippen LogP contribution in [0.4, 0.5) is 21.0 Å². The van der Waals surface area contributed by atoms with Crippen LogP contribution in [-0.2, 0) is 0 Å². The summed E-state index contributed by atoms with van der Waals surface area (Å²) in [5, 5.41) is 26.4. The van der Waals surface area contributed by atoms with Gasteiger partial charge >= 0.3 is 12.2 Å². The smallest absolute Gasteiger partial charge is 0.411 e. The summed E-state index contributed by atoms with van der Waals surface area (Å²) in [6.07, 6.45) is 1.70. The average molecular weight is 555 g/mol. The second-order valence-corrected chi connectivity index (χ2v) is 11.2. The predicted molar refractivity (Wildman–Crippen MR) is 165 cm³/mol. The van der Waals surface area contributed by atoms with E-state index in [2.05, 4.69) is 50.5 Å². The Labute approximate surface area is 240 Å². The lowest BCUT2D eigenvalue weighted by Crippen LogP contribution is -2.33. The molecule has 2 aromatic rings. The number of hydrogen-bond donors (Lipinski definition) is 4. The van der Waals surface area contributed by atoms with Gasteiger partial charge in [0.05, 0.1) is 11.4 Å². The van der Waals surface area contributed by atoms with Crippen LogP contribution in [0.2, 0.25) is 0 Å². The first-order valence-corrected chi connectivity index (χ1v) is 14.7. The van der Waals surface area contributed by atoms with E-state index >= 15 is 0 Å². The molecule has 0 aromatic heterocycles. The minimum absolute atomic E-state index is 0.349. The Bertz CT molecular complexity index is 1000. The molecule has 0 saturated carbocycles. The number of rotatable bonds is 17. The monoisotopic (exact) mass is 554 g/mol. The van der Waals surface area contributed by atoms with Gasteiger partial charge in [0.15, 0.2) is 0 Å². The van der Waals surface area contributed by atoms with Gasteiger partial charge in [0, 0.05) is 13.1 Å². The van der Waals surface area contributed by atoms with E-state index in [1.165, 1.54) is 9.80 Å². The van der Waals surface area contributed by atoms with Gasteiger partial charge in [-0.2, -0.15) is 0 Å². The Kier molecular flexibility index (Phi) is 14.0. The number of nitrogens with zero attached hydrogens (tertiary/aromatic N) is 2. The van der Waals surface area contributed by atoms with Crippen molar-refractivity contribution in [2.45, 2.75) is 79.1 Å². The maximum Gasteiger partial charge on any atom is 0.411 e. The van der Waals surface area contributed by atoms with Crippen molar-refractivity contribution >= 4 is 23.6 Å². The Morgan fingerprint density at radius 3 is 1.32 bits per heavy atom. The van der Waals surface area contributed by atoms with Gasteiger partial charge in [-0.25, -0.2) is 9.59 Å². The molecule has 2 amide bonds. The highest BCUT2D eigenvalue weighted by Crippen LogP contribution is 2.27. The van der Waals surface area contributed by atoms with Crippen LogP contribution in [0.1, 0.15) is 87.5 Å². The molecule has 0 saturated heterocycles. The zero-order chi connectivity index (χ0) is 29.7. The molecule has 0 atom stereocenters. The lowest BCUT2D eigenvalue weighted by Gasteiger charge is -2.23. The first-order valence-electron chi connectivity index (χ1n) is 14.7. The van der Waals surface area contributed by atoms with Crippen LogP contribution in [0.25, 0.3) is 0 Å². The van der Waals surface area contributed by atoms with Crippen molar-refractivity contribution in [2.75, 3.05) is 49.1 Å². The molecular weight excluding hydrogens is 504 g/mol. The molecular formula is C32H50N4O4. The van der Waals surface area contributed by atoms with Gasteiger partial charge in [-0.3, -0.25) is 9.80 Å². The Hall–Kier alpha value is -3.10. The molecule has 0 unspecified atom stereocenters. The third-order valence-corrected chi connectivity index (χ3v) is 7.27. The second-order valence-electron chi connectivity index (χ2n) is 11.2. The quantitative estimate of drug-likeness (QED) is 0.158. The molecule has 0 bridgehead atoms. The van der Waals surface area contributed by atoms with Crippen molar-refractivity contribution in [1.29, 1.82) is 0 Å². The van der Waals surface area contributed by atoms with Gasteiger partial charge in [-0.15, -0.1) is 0 Å². The van der Waals surface area contributed by atoms with Crippen molar-refractivity contribution in [3.05, 3.63) is 58.7 Å². The molecule has 0 aliphatic rings. The lowest BCUT2D eigenvalue weighted by atomic mass is 10.00. The number of carboxylic acid groups (broad SMARTS) is 2. The normalized spacial score (nSPS) is 11.3. The van der Waals surface area contributed by atoms with E-state index in [-0.39, 0.29) is 0 Å². The molecule has 2 aromatic carbocycles. The van der Waals surface area contributed by atoms with E-state index in [4.69, 9.17) is 0 Å². The maximum absolute atomic E-state index is 11.9. The Morgan fingerprint density at radius 1 is 0.650 bits per heavy atom. The highest BCUT2D eigenvalue weighted by atomic mass is 16.4. The van der Waals surface area contributed by atoms with E-state index in [0.29, 0.717) is 24.9 Å². The Balaban J connectivity index is 1.62. The zero-order valence-electron chi connectivity index (χ0n) is 25.3. The van der Waals surface area contributed by atoms with Crippen molar-refractivity contribution in [3.8, 4) is 0 Å². The zero-order valence-corrected chi connectivity index (χ0v) is 25.3. The summed E-state index contributed by atoms with van der Waals surface area (Å²) in [7, 11) is 0. The molecule has 0 heterocycles. The third-order valence-electron chi connectivity index (χ3n) is 7.27. The van der Waals surface area contributed by atoms with Crippen LogP contribution >= 0.6 is 0 Å². The number of unbranched alkanes of at least 4 members (excludes halogenated alkanes) is 1. The van der Waals surface area contributed by atoms with Crippen LogP contribution < -0.4 is 20.4 Å². The summed E-state index contributed by atoms with van der Waals surface area (Å²) in [4.78, 5) is 26.7. The number of carbonyl (C=O) groups is 2. The molecule has 8 heteroatoms. The molecule has 0 fully saturated rings. The van der Waals surface area contributed by atoms with Gasteiger partial charge in [0.25, 0.3) is 0 Å². The largest absolute Gasteiger partial charge is 0.465 e. The number of nitrogens with one attached hydrogen (secondary N) is 2. The number of amides is 2. The van der Waals surface area contributed by atoms with E-state index in [1.807, 2.05) is 38.1 Å². The molecule has 0 radical (unpaired) electrons. The van der Waals surface area contributed by atoms with Gasteiger partial charge in [-0.05, 0) is 112 Å². The van der Waals surface area contributed by atoms with Gasteiger partial charge in [0.2, 0.25) is 0 Å². The van der Waals surface area contributed by atoms with Crippen LogP contribution in [0.5, 0.6) is 0 Å². The lowest BCUT2D eigenvalue weighted by molar-refractivity contribution is 0.200. The standard InChI is InChI=1S/C32H50N4O4/c1-23(2)27-13-11-25(5)29(21-27)35(31(37)38)19-9-17-33-15-7-8-16-34-18-10-20-36(32(39)40)30-22-28(24(3)4)14-12-26(30)6/h11-14,21-24,33-34H,7-10,15-20H2,1-6H3,(H,37,38)(H,39,40). The number of hydrogen-bond acceptors (Lipinski definition) is 4.